The van der Waals surface area contributed by atoms with Crippen LogP contribution in [0.1, 0.15) is 21.5 Å². The number of amides is 1. The van der Waals surface area contributed by atoms with Crippen LogP contribution in [0.15, 0.2) is 60.9 Å². The Morgan fingerprint density at radius 3 is 2.39 bits per heavy atom. The Balaban J connectivity index is 1.61. The minimum Gasteiger partial charge on any atom is -0.320 e. The molecule has 2 heterocycles. The Morgan fingerprint density at radius 1 is 1.00 bits per heavy atom. The van der Waals surface area contributed by atoms with Crippen molar-refractivity contribution in [2.45, 2.75) is 12.6 Å². The molecular formula is C20H15F3N4O. The van der Waals surface area contributed by atoms with Crippen molar-refractivity contribution in [1.29, 1.82) is 0 Å². The summed E-state index contributed by atoms with van der Waals surface area (Å²) >= 11 is 0. The van der Waals surface area contributed by atoms with Gasteiger partial charge in [0.15, 0.2) is 0 Å². The van der Waals surface area contributed by atoms with Crippen LogP contribution in [-0.4, -0.2) is 22.4 Å². The predicted molar refractivity (Wildman–Crippen MR) is 98.6 cm³/mol. The lowest BCUT2D eigenvalue weighted by Gasteiger charge is -2.20. The number of halogens is 3. The largest absolute Gasteiger partial charge is 0.416 e. The summed E-state index contributed by atoms with van der Waals surface area (Å²) in [5, 5.41) is 2.80. The molecule has 142 valence electrons. The van der Waals surface area contributed by atoms with E-state index in [0.29, 0.717) is 18.2 Å². The van der Waals surface area contributed by atoms with Crippen LogP contribution in [0.4, 0.5) is 30.5 Å². The first-order valence-corrected chi connectivity index (χ1v) is 8.58. The molecule has 8 heteroatoms. The van der Waals surface area contributed by atoms with Crippen molar-refractivity contribution in [3.05, 3.63) is 77.6 Å². The standard InChI is InChI=1S/C20H15F3N4O/c21-20(22,23)15-7-5-14(6-8-15)18(28)26-16-4-1-3-13-9-12-27(17(13)16)19-24-10-2-11-25-19/h1-8,10-11H,9,12H2,(H,26,28). The van der Waals surface area contributed by atoms with E-state index in [1.807, 2.05) is 17.0 Å². The van der Waals surface area contributed by atoms with E-state index in [-0.39, 0.29) is 5.56 Å². The van der Waals surface area contributed by atoms with Crippen LogP contribution in [-0.2, 0) is 12.6 Å². The number of rotatable bonds is 3. The normalized spacial score (nSPS) is 13.3. The smallest absolute Gasteiger partial charge is 0.320 e. The second-order valence-corrected chi connectivity index (χ2v) is 6.29. The summed E-state index contributed by atoms with van der Waals surface area (Å²) < 4.78 is 38.1. The van der Waals surface area contributed by atoms with Crippen molar-refractivity contribution in [3.63, 3.8) is 0 Å². The van der Waals surface area contributed by atoms with Gasteiger partial charge in [0.1, 0.15) is 0 Å². The van der Waals surface area contributed by atoms with Gasteiger partial charge >= 0.3 is 6.18 Å². The molecular weight excluding hydrogens is 369 g/mol. The molecule has 0 unspecified atom stereocenters. The highest BCUT2D eigenvalue weighted by atomic mass is 19.4. The van der Waals surface area contributed by atoms with Crippen LogP contribution in [0.2, 0.25) is 0 Å². The van der Waals surface area contributed by atoms with E-state index in [9.17, 15) is 18.0 Å². The number of nitrogens with one attached hydrogen (secondary N) is 1. The van der Waals surface area contributed by atoms with Crippen LogP contribution < -0.4 is 10.2 Å². The summed E-state index contributed by atoms with van der Waals surface area (Å²) in [7, 11) is 0. The Bertz CT molecular complexity index is 1000. The highest BCUT2D eigenvalue weighted by Gasteiger charge is 2.30. The molecule has 0 fully saturated rings. The van der Waals surface area contributed by atoms with Crippen LogP contribution in [0.25, 0.3) is 0 Å². The Kier molecular flexibility index (Phi) is 4.46. The first kappa shape index (κ1) is 18.0. The molecule has 1 amide bonds. The van der Waals surface area contributed by atoms with Gasteiger partial charge in [-0.3, -0.25) is 4.79 Å². The lowest BCUT2D eigenvalue weighted by molar-refractivity contribution is -0.137. The molecule has 0 bridgehead atoms. The molecule has 3 aromatic rings. The lowest BCUT2D eigenvalue weighted by Crippen LogP contribution is -2.19. The molecule has 1 aliphatic heterocycles. The maximum atomic E-state index is 12.7. The fourth-order valence-electron chi connectivity index (χ4n) is 3.19. The number of benzene rings is 2. The highest BCUT2D eigenvalue weighted by molar-refractivity contribution is 6.06. The van der Waals surface area contributed by atoms with Crippen LogP contribution in [0, 0.1) is 0 Å². The number of para-hydroxylation sites is 1. The quantitative estimate of drug-likeness (QED) is 0.725. The molecule has 28 heavy (non-hydrogen) atoms. The van der Waals surface area contributed by atoms with E-state index in [4.69, 9.17) is 0 Å². The summed E-state index contributed by atoms with van der Waals surface area (Å²) in [6.45, 7) is 0.673. The zero-order valence-corrected chi connectivity index (χ0v) is 14.6. The van der Waals surface area contributed by atoms with Crippen molar-refractivity contribution in [1.82, 2.24) is 9.97 Å². The van der Waals surface area contributed by atoms with Gasteiger partial charge in [-0.15, -0.1) is 0 Å². The van der Waals surface area contributed by atoms with E-state index < -0.39 is 17.6 Å². The number of carbonyl (C=O) groups is 1. The van der Waals surface area contributed by atoms with Crippen LogP contribution in [0.3, 0.4) is 0 Å². The molecule has 0 atom stereocenters. The second kappa shape index (κ2) is 6.95. The molecule has 1 aliphatic rings. The summed E-state index contributed by atoms with van der Waals surface area (Å²) in [5.41, 5.74) is 1.75. The molecule has 0 saturated carbocycles. The topological polar surface area (TPSA) is 58.1 Å². The molecule has 1 N–H and O–H groups in total. The monoisotopic (exact) mass is 384 g/mol. The SMILES string of the molecule is O=C(Nc1cccc2c1N(c1ncccn1)CC2)c1ccc(C(F)(F)F)cc1. The average Bonchev–Trinajstić information content (AvgIpc) is 3.13. The van der Waals surface area contributed by atoms with Gasteiger partial charge in [-0.25, -0.2) is 9.97 Å². The van der Waals surface area contributed by atoms with Crippen molar-refractivity contribution in [3.8, 4) is 0 Å². The summed E-state index contributed by atoms with van der Waals surface area (Å²) in [6.07, 6.45) is -0.378. The lowest BCUT2D eigenvalue weighted by atomic mass is 10.1. The number of fused-ring (bicyclic) bond motifs is 1. The van der Waals surface area contributed by atoms with Gasteiger partial charge < -0.3 is 10.2 Å². The number of aromatic nitrogens is 2. The molecule has 5 nitrogen and oxygen atoms in total. The van der Waals surface area contributed by atoms with E-state index >= 15 is 0 Å². The Hall–Kier alpha value is -3.42. The first-order valence-electron chi connectivity index (χ1n) is 8.58. The molecule has 0 aliphatic carbocycles. The van der Waals surface area contributed by atoms with Gasteiger partial charge in [-0.2, -0.15) is 13.2 Å². The average molecular weight is 384 g/mol. The van der Waals surface area contributed by atoms with Crippen LogP contribution in [0.5, 0.6) is 0 Å². The third-order valence-corrected chi connectivity index (χ3v) is 4.51. The van der Waals surface area contributed by atoms with Crippen molar-refractivity contribution < 1.29 is 18.0 Å². The fourth-order valence-corrected chi connectivity index (χ4v) is 3.19. The number of hydrogen-bond acceptors (Lipinski definition) is 4. The van der Waals surface area contributed by atoms with E-state index in [1.54, 1.807) is 24.5 Å². The van der Waals surface area contributed by atoms with Gasteiger partial charge in [0.05, 0.1) is 16.9 Å². The molecule has 4 rings (SSSR count). The van der Waals surface area contributed by atoms with Gasteiger partial charge in [0.25, 0.3) is 5.91 Å². The minimum absolute atomic E-state index is 0.145. The van der Waals surface area contributed by atoms with Crippen LogP contribution >= 0.6 is 0 Å². The van der Waals surface area contributed by atoms with Gasteiger partial charge in [-0.05, 0) is 48.4 Å². The fraction of sp³-hybridized carbons (Fsp3) is 0.150. The first-order chi connectivity index (χ1) is 13.4. The minimum atomic E-state index is -4.44. The van der Waals surface area contributed by atoms with Crippen molar-refractivity contribution in [2.24, 2.45) is 0 Å². The third kappa shape index (κ3) is 3.40. The third-order valence-electron chi connectivity index (χ3n) is 4.51. The molecule has 0 radical (unpaired) electrons. The maximum absolute atomic E-state index is 12.7. The highest BCUT2D eigenvalue weighted by Crippen LogP contribution is 2.39. The van der Waals surface area contributed by atoms with E-state index in [2.05, 4.69) is 15.3 Å². The number of alkyl halides is 3. The maximum Gasteiger partial charge on any atom is 0.416 e. The summed E-state index contributed by atoms with van der Waals surface area (Å²) in [5.74, 6) is 0.0421. The second-order valence-electron chi connectivity index (χ2n) is 6.29. The van der Waals surface area contributed by atoms with Crippen molar-refractivity contribution >= 4 is 23.2 Å². The Labute approximate surface area is 158 Å². The number of nitrogens with zero attached hydrogens (tertiary/aromatic N) is 3. The van der Waals surface area contributed by atoms with Gasteiger partial charge in [-0.1, -0.05) is 12.1 Å². The summed E-state index contributed by atoms with van der Waals surface area (Å²) in [4.78, 5) is 23.0. The Morgan fingerprint density at radius 2 is 1.71 bits per heavy atom. The zero-order chi connectivity index (χ0) is 19.7. The number of hydrogen-bond donors (Lipinski definition) is 1. The number of anilines is 3. The number of carbonyl (C=O) groups excluding carboxylic acids is 1. The summed E-state index contributed by atoms with van der Waals surface area (Å²) in [6, 6.07) is 11.4. The van der Waals surface area contributed by atoms with Crippen molar-refractivity contribution in [2.75, 3.05) is 16.8 Å². The van der Waals surface area contributed by atoms with E-state index in [0.717, 1.165) is 29.8 Å². The zero-order valence-electron chi connectivity index (χ0n) is 14.6. The van der Waals surface area contributed by atoms with Gasteiger partial charge in [0.2, 0.25) is 5.95 Å². The molecule has 1 aromatic heterocycles. The predicted octanol–water partition coefficient (Wildman–Crippen LogP) is 4.44. The van der Waals surface area contributed by atoms with Gasteiger partial charge in [0, 0.05) is 24.5 Å². The molecule has 0 saturated heterocycles. The van der Waals surface area contributed by atoms with E-state index in [1.165, 1.54) is 12.1 Å². The molecule has 2 aromatic carbocycles. The molecule has 0 spiro atoms.